The predicted molar refractivity (Wildman–Crippen MR) is 73.5 cm³/mol. The normalized spacial score (nSPS) is 22.7. The fourth-order valence-corrected chi connectivity index (χ4v) is 2.40. The van der Waals surface area contributed by atoms with Gasteiger partial charge in [0.25, 0.3) is 0 Å². The zero-order chi connectivity index (χ0) is 14.9. The fraction of sp³-hybridized carbons (Fsp3) is 0.636. The van der Waals surface area contributed by atoms with Crippen LogP contribution in [0.15, 0.2) is 0 Å². The second-order valence-electron chi connectivity index (χ2n) is 4.87. The van der Waals surface area contributed by atoms with E-state index in [2.05, 4.69) is 15.4 Å². The monoisotopic (exact) mass is 282 g/mol. The smallest absolute Gasteiger partial charge is 0.332 e. The predicted octanol–water partition coefficient (Wildman–Crippen LogP) is 0.592. The summed E-state index contributed by atoms with van der Waals surface area (Å²) in [4.78, 5) is 20.7. The molecule has 110 valence electrons. The molecule has 0 aromatic carbocycles. The van der Waals surface area contributed by atoms with Gasteiger partial charge in [0.1, 0.15) is 5.69 Å². The molecule has 0 aliphatic carbocycles. The fourth-order valence-electron chi connectivity index (χ4n) is 2.40. The Bertz CT molecular complexity index is 513. The summed E-state index contributed by atoms with van der Waals surface area (Å²) in [5.74, 6) is 5.75. The van der Waals surface area contributed by atoms with E-state index in [1.807, 2.05) is 18.7 Å². The maximum atomic E-state index is 11.3. The number of aryl methyl sites for hydroxylation is 1. The van der Waals surface area contributed by atoms with Crippen molar-refractivity contribution in [2.45, 2.75) is 33.0 Å². The number of anilines is 2. The van der Waals surface area contributed by atoms with Gasteiger partial charge in [-0.1, -0.05) is 0 Å². The summed E-state index contributed by atoms with van der Waals surface area (Å²) in [5, 5.41) is 11.3. The quantitative estimate of drug-likeness (QED) is 0.469. The Morgan fingerprint density at radius 3 is 2.50 bits per heavy atom. The lowest BCUT2D eigenvalue weighted by molar-refractivity contribution is -0.385. The minimum atomic E-state index is -0.463. The van der Waals surface area contributed by atoms with Crippen molar-refractivity contribution < 1.29 is 9.66 Å². The number of nitrogen functional groups attached to an aromatic ring is 1. The van der Waals surface area contributed by atoms with Crippen LogP contribution in [0, 0.1) is 17.0 Å². The van der Waals surface area contributed by atoms with Crippen molar-refractivity contribution in [1.82, 2.24) is 9.97 Å². The molecular weight excluding hydrogens is 264 g/mol. The van der Waals surface area contributed by atoms with Gasteiger partial charge < -0.3 is 9.64 Å². The second kappa shape index (κ2) is 5.55. The number of nitrogens with two attached hydrogens (primary N) is 1. The molecular formula is C11H18N6O3. The van der Waals surface area contributed by atoms with Gasteiger partial charge in [0.2, 0.25) is 11.8 Å². The minimum absolute atomic E-state index is 0.0251. The molecule has 1 aromatic rings. The van der Waals surface area contributed by atoms with Gasteiger partial charge in [0.15, 0.2) is 0 Å². The van der Waals surface area contributed by atoms with E-state index in [1.54, 1.807) is 6.92 Å². The molecule has 1 aromatic heterocycles. The molecule has 0 radical (unpaired) electrons. The zero-order valence-corrected chi connectivity index (χ0v) is 11.7. The molecule has 2 atom stereocenters. The first-order valence-corrected chi connectivity index (χ1v) is 6.32. The number of morpholine rings is 1. The van der Waals surface area contributed by atoms with Crippen LogP contribution in [0.4, 0.5) is 17.5 Å². The van der Waals surface area contributed by atoms with Crippen molar-refractivity contribution in [3.8, 4) is 0 Å². The van der Waals surface area contributed by atoms with Gasteiger partial charge in [-0.25, -0.2) is 10.8 Å². The molecule has 2 rings (SSSR count). The van der Waals surface area contributed by atoms with E-state index in [0.29, 0.717) is 13.1 Å². The third-order valence-electron chi connectivity index (χ3n) is 3.07. The van der Waals surface area contributed by atoms with E-state index in [1.165, 1.54) is 0 Å². The van der Waals surface area contributed by atoms with E-state index < -0.39 is 4.92 Å². The number of nitrogens with one attached hydrogen (secondary N) is 1. The topological polar surface area (TPSA) is 119 Å². The summed E-state index contributed by atoms with van der Waals surface area (Å²) in [6.45, 7) is 6.48. The Hall–Kier alpha value is -2.00. The van der Waals surface area contributed by atoms with Gasteiger partial charge in [0, 0.05) is 13.1 Å². The number of nitrogens with zero attached hydrogens (tertiary/aromatic N) is 4. The van der Waals surface area contributed by atoms with Crippen molar-refractivity contribution in [2.24, 2.45) is 5.84 Å². The molecule has 9 nitrogen and oxygen atoms in total. The van der Waals surface area contributed by atoms with Crippen LogP contribution in [0.3, 0.4) is 0 Å². The molecule has 1 aliphatic heterocycles. The Balaban J connectivity index is 2.47. The maximum absolute atomic E-state index is 11.3. The third-order valence-corrected chi connectivity index (χ3v) is 3.07. The van der Waals surface area contributed by atoms with E-state index in [4.69, 9.17) is 10.6 Å². The summed E-state index contributed by atoms with van der Waals surface area (Å²) < 4.78 is 5.63. The van der Waals surface area contributed by atoms with Gasteiger partial charge in [0.05, 0.1) is 17.1 Å². The number of aromatic nitrogens is 2. The van der Waals surface area contributed by atoms with Crippen LogP contribution < -0.4 is 16.2 Å². The first-order chi connectivity index (χ1) is 9.42. The Morgan fingerprint density at radius 2 is 2.00 bits per heavy atom. The highest BCUT2D eigenvalue weighted by atomic mass is 16.6. The van der Waals surface area contributed by atoms with Crippen molar-refractivity contribution in [3.63, 3.8) is 0 Å². The van der Waals surface area contributed by atoms with Gasteiger partial charge in [-0.3, -0.25) is 15.5 Å². The summed E-state index contributed by atoms with van der Waals surface area (Å²) in [5.41, 5.74) is 2.52. The van der Waals surface area contributed by atoms with Gasteiger partial charge in [-0.2, -0.15) is 4.98 Å². The molecule has 3 N–H and O–H groups in total. The largest absolute Gasteiger partial charge is 0.372 e. The summed E-state index contributed by atoms with van der Waals surface area (Å²) >= 11 is 0. The number of ether oxygens (including phenoxy) is 1. The van der Waals surface area contributed by atoms with E-state index in [0.717, 1.165) is 0 Å². The lowest BCUT2D eigenvalue weighted by atomic mass is 10.2. The lowest BCUT2D eigenvalue weighted by Crippen LogP contribution is -2.46. The number of hydrogen-bond donors (Lipinski definition) is 2. The number of rotatable bonds is 3. The molecule has 9 heteroatoms. The molecule has 0 bridgehead atoms. The second-order valence-corrected chi connectivity index (χ2v) is 4.87. The highest BCUT2D eigenvalue weighted by Gasteiger charge is 2.31. The van der Waals surface area contributed by atoms with E-state index in [-0.39, 0.29) is 35.4 Å². The Kier molecular flexibility index (Phi) is 4.00. The van der Waals surface area contributed by atoms with Crippen LogP contribution in [0.2, 0.25) is 0 Å². The summed E-state index contributed by atoms with van der Waals surface area (Å²) in [6, 6.07) is 0. The van der Waals surface area contributed by atoms with Gasteiger partial charge in [-0.05, 0) is 20.8 Å². The highest BCUT2D eigenvalue weighted by Crippen LogP contribution is 2.31. The van der Waals surface area contributed by atoms with Crippen molar-refractivity contribution >= 4 is 17.5 Å². The maximum Gasteiger partial charge on any atom is 0.332 e. The van der Waals surface area contributed by atoms with Crippen molar-refractivity contribution in [1.29, 1.82) is 0 Å². The zero-order valence-electron chi connectivity index (χ0n) is 11.7. The van der Waals surface area contributed by atoms with Crippen LogP contribution in [0.25, 0.3) is 0 Å². The summed E-state index contributed by atoms with van der Waals surface area (Å²) in [6.07, 6.45) is -0.0502. The summed E-state index contributed by atoms with van der Waals surface area (Å²) in [7, 11) is 0. The van der Waals surface area contributed by atoms with E-state index >= 15 is 0 Å². The van der Waals surface area contributed by atoms with Crippen LogP contribution in [-0.2, 0) is 4.74 Å². The number of hydrogen-bond acceptors (Lipinski definition) is 8. The van der Waals surface area contributed by atoms with Crippen molar-refractivity contribution in [3.05, 3.63) is 15.8 Å². The Labute approximate surface area is 116 Å². The molecule has 0 spiro atoms. The van der Waals surface area contributed by atoms with Crippen LogP contribution in [0.1, 0.15) is 19.5 Å². The first-order valence-electron chi connectivity index (χ1n) is 6.32. The van der Waals surface area contributed by atoms with Crippen LogP contribution in [0.5, 0.6) is 0 Å². The molecule has 2 heterocycles. The Morgan fingerprint density at radius 1 is 1.40 bits per heavy atom. The number of nitro groups is 1. The molecule has 0 saturated carbocycles. The molecule has 0 amide bonds. The molecule has 20 heavy (non-hydrogen) atoms. The minimum Gasteiger partial charge on any atom is -0.372 e. The average molecular weight is 282 g/mol. The van der Waals surface area contributed by atoms with Gasteiger partial charge in [-0.15, -0.1) is 0 Å². The first kappa shape index (κ1) is 14.4. The van der Waals surface area contributed by atoms with Crippen LogP contribution in [-0.4, -0.2) is 40.2 Å². The molecule has 1 aliphatic rings. The van der Waals surface area contributed by atoms with Crippen LogP contribution >= 0.6 is 0 Å². The highest BCUT2D eigenvalue weighted by molar-refractivity contribution is 5.62. The average Bonchev–Trinajstić information content (AvgIpc) is 2.35. The molecule has 0 unspecified atom stereocenters. The standard InChI is InChI=1S/C11H18N6O3/c1-6-4-16(5-7(2)20-6)10-9(17(18)19)8(3)13-11(14-10)15-12/h6-7H,4-5,12H2,1-3H3,(H,13,14,15)/t6-,7+. The van der Waals surface area contributed by atoms with E-state index in [9.17, 15) is 10.1 Å². The lowest BCUT2D eigenvalue weighted by Gasteiger charge is -2.35. The van der Waals surface area contributed by atoms with Gasteiger partial charge >= 0.3 is 5.69 Å². The van der Waals surface area contributed by atoms with Crippen molar-refractivity contribution in [2.75, 3.05) is 23.4 Å². The molecule has 1 saturated heterocycles. The SMILES string of the molecule is Cc1nc(NN)nc(N2C[C@@H](C)O[C@@H](C)C2)c1[N+](=O)[O-]. The number of hydrazine groups is 1. The third kappa shape index (κ3) is 2.78. The molecule has 1 fully saturated rings.